The van der Waals surface area contributed by atoms with E-state index in [0.29, 0.717) is 18.9 Å². The molecule has 4 N–H and O–H groups in total. The SMILES string of the molecule is Cc1cc(C)n(CCN(CCc2ccc(C(C)C)cc2)S(=O)(=O)c2cc(C(=N)N)ccc2O)n1. The van der Waals surface area contributed by atoms with E-state index in [2.05, 4.69) is 31.1 Å². The van der Waals surface area contributed by atoms with Gasteiger partial charge >= 0.3 is 0 Å². The van der Waals surface area contributed by atoms with Crippen LogP contribution in [0.15, 0.2) is 53.4 Å². The Labute approximate surface area is 201 Å². The Bertz CT molecular complexity index is 1260. The van der Waals surface area contributed by atoms with Gasteiger partial charge in [0.2, 0.25) is 10.0 Å². The predicted molar refractivity (Wildman–Crippen MR) is 134 cm³/mol. The molecule has 0 atom stereocenters. The number of hydrogen-bond acceptors (Lipinski definition) is 5. The number of aromatic hydroxyl groups is 1. The topological polar surface area (TPSA) is 125 Å². The Morgan fingerprint density at radius 3 is 2.35 bits per heavy atom. The minimum atomic E-state index is -4.07. The maximum atomic E-state index is 13.6. The first kappa shape index (κ1) is 25.5. The van der Waals surface area contributed by atoms with E-state index >= 15 is 0 Å². The van der Waals surface area contributed by atoms with Gasteiger partial charge in [0.1, 0.15) is 16.5 Å². The van der Waals surface area contributed by atoms with Crippen LogP contribution in [0, 0.1) is 19.3 Å². The molecule has 1 heterocycles. The van der Waals surface area contributed by atoms with Crippen LogP contribution in [0.4, 0.5) is 0 Å². The molecule has 9 heteroatoms. The Morgan fingerprint density at radius 1 is 1.12 bits per heavy atom. The van der Waals surface area contributed by atoms with E-state index in [1.54, 1.807) is 4.68 Å². The van der Waals surface area contributed by atoms with E-state index in [0.717, 1.165) is 17.0 Å². The molecule has 0 saturated carbocycles. The molecule has 34 heavy (non-hydrogen) atoms. The lowest BCUT2D eigenvalue weighted by molar-refractivity contribution is 0.379. The summed E-state index contributed by atoms with van der Waals surface area (Å²) in [5, 5.41) is 22.5. The number of benzene rings is 2. The molecule has 0 spiro atoms. The zero-order valence-electron chi connectivity index (χ0n) is 20.1. The normalized spacial score (nSPS) is 11.9. The fourth-order valence-electron chi connectivity index (χ4n) is 3.81. The Balaban J connectivity index is 1.90. The number of nitrogen functional groups attached to an aromatic ring is 1. The number of hydrogen-bond donors (Lipinski definition) is 3. The number of aryl methyl sites for hydroxylation is 2. The van der Waals surface area contributed by atoms with Crippen LogP contribution in [0.3, 0.4) is 0 Å². The highest BCUT2D eigenvalue weighted by Gasteiger charge is 2.28. The van der Waals surface area contributed by atoms with Gasteiger partial charge in [-0.2, -0.15) is 9.40 Å². The monoisotopic (exact) mass is 483 g/mol. The van der Waals surface area contributed by atoms with Crippen LogP contribution in [-0.2, 0) is 23.0 Å². The number of aromatic nitrogens is 2. The molecular formula is C25H33N5O3S. The van der Waals surface area contributed by atoms with Crippen molar-refractivity contribution in [2.24, 2.45) is 5.73 Å². The average Bonchev–Trinajstić information content (AvgIpc) is 3.10. The molecule has 0 bridgehead atoms. The highest BCUT2D eigenvalue weighted by Crippen LogP contribution is 2.27. The van der Waals surface area contributed by atoms with Crippen LogP contribution in [0.2, 0.25) is 0 Å². The van der Waals surface area contributed by atoms with Crippen LogP contribution in [0.1, 0.15) is 47.8 Å². The largest absolute Gasteiger partial charge is 0.507 e. The molecule has 0 aliphatic heterocycles. The number of amidine groups is 1. The van der Waals surface area contributed by atoms with Crippen molar-refractivity contribution in [3.63, 3.8) is 0 Å². The quantitative estimate of drug-likeness (QED) is 0.300. The van der Waals surface area contributed by atoms with Crippen molar-refractivity contribution in [2.45, 2.75) is 51.5 Å². The van der Waals surface area contributed by atoms with Crippen molar-refractivity contribution >= 4 is 15.9 Å². The molecule has 182 valence electrons. The summed E-state index contributed by atoms with van der Waals surface area (Å²) in [6.07, 6.45) is 0.516. The standard InChI is InChI=1S/C25H33N5O3S/c1-17(2)21-7-5-20(6-8-21)11-12-29(13-14-30-19(4)15-18(3)28-30)34(32,33)24-16-22(25(26)27)9-10-23(24)31/h5-10,15-17,31H,11-14H2,1-4H3,(H3,26,27). The predicted octanol–water partition coefficient (Wildman–Crippen LogP) is 3.55. The number of nitrogens with zero attached hydrogens (tertiary/aromatic N) is 3. The molecule has 3 aromatic rings. The summed E-state index contributed by atoms with van der Waals surface area (Å²) in [6, 6.07) is 14.1. The van der Waals surface area contributed by atoms with Crippen LogP contribution >= 0.6 is 0 Å². The number of rotatable bonds is 10. The minimum Gasteiger partial charge on any atom is -0.507 e. The van der Waals surface area contributed by atoms with E-state index < -0.39 is 10.0 Å². The lowest BCUT2D eigenvalue weighted by Crippen LogP contribution is -2.36. The highest BCUT2D eigenvalue weighted by molar-refractivity contribution is 7.89. The van der Waals surface area contributed by atoms with Gasteiger partial charge in [-0.15, -0.1) is 0 Å². The van der Waals surface area contributed by atoms with Gasteiger partial charge in [-0.25, -0.2) is 8.42 Å². The third-order valence-electron chi connectivity index (χ3n) is 5.85. The Hall–Kier alpha value is -3.17. The third-order valence-corrected chi connectivity index (χ3v) is 7.78. The summed E-state index contributed by atoms with van der Waals surface area (Å²) in [4.78, 5) is -0.260. The summed E-state index contributed by atoms with van der Waals surface area (Å²) in [5.41, 5.74) is 9.85. The lowest BCUT2D eigenvalue weighted by Gasteiger charge is -2.23. The fraction of sp³-hybridized carbons (Fsp3) is 0.360. The van der Waals surface area contributed by atoms with Crippen molar-refractivity contribution in [1.29, 1.82) is 5.41 Å². The molecule has 0 fully saturated rings. The maximum Gasteiger partial charge on any atom is 0.246 e. The van der Waals surface area contributed by atoms with Crippen molar-refractivity contribution in [3.8, 4) is 5.75 Å². The summed E-state index contributed by atoms with van der Waals surface area (Å²) >= 11 is 0. The van der Waals surface area contributed by atoms with E-state index in [4.69, 9.17) is 11.1 Å². The first-order valence-corrected chi connectivity index (χ1v) is 12.7. The van der Waals surface area contributed by atoms with Crippen molar-refractivity contribution < 1.29 is 13.5 Å². The summed E-state index contributed by atoms with van der Waals surface area (Å²) in [6.45, 7) is 8.86. The number of phenols is 1. The second-order valence-corrected chi connectivity index (χ2v) is 10.7. The van der Waals surface area contributed by atoms with Gasteiger partial charge < -0.3 is 10.8 Å². The third kappa shape index (κ3) is 5.84. The molecule has 0 aliphatic carbocycles. The number of sulfonamides is 1. The molecule has 3 rings (SSSR count). The zero-order valence-corrected chi connectivity index (χ0v) is 20.9. The minimum absolute atomic E-state index is 0.179. The maximum absolute atomic E-state index is 13.6. The first-order chi connectivity index (χ1) is 16.0. The first-order valence-electron chi connectivity index (χ1n) is 11.3. The Kier molecular flexibility index (Phi) is 7.78. The average molecular weight is 484 g/mol. The van der Waals surface area contributed by atoms with Crippen LogP contribution < -0.4 is 5.73 Å². The molecule has 0 radical (unpaired) electrons. The summed E-state index contributed by atoms with van der Waals surface area (Å²) in [5.74, 6) is -0.221. The van der Waals surface area contributed by atoms with Gasteiger partial charge in [0.25, 0.3) is 0 Å². The molecule has 0 saturated heterocycles. The molecule has 0 aliphatic rings. The van der Waals surface area contributed by atoms with E-state index in [1.807, 2.05) is 32.0 Å². The molecular weight excluding hydrogens is 450 g/mol. The van der Waals surface area contributed by atoms with E-state index in [9.17, 15) is 13.5 Å². The number of phenolic OH excluding ortho intramolecular Hbond substituents is 1. The van der Waals surface area contributed by atoms with Crippen LogP contribution in [0.5, 0.6) is 5.75 Å². The van der Waals surface area contributed by atoms with Crippen molar-refractivity contribution in [1.82, 2.24) is 14.1 Å². The molecule has 8 nitrogen and oxygen atoms in total. The van der Waals surface area contributed by atoms with E-state index in [1.165, 1.54) is 28.1 Å². The summed E-state index contributed by atoms with van der Waals surface area (Å²) < 4.78 is 30.4. The zero-order chi connectivity index (χ0) is 25.0. The molecule has 0 amide bonds. The summed E-state index contributed by atoms with van der Waals surface area (Å²) in [7, 11) is -4.07. The van der Waals surface area contributed by atoms with Crippen molar-refractivity contribution in [2.75, 3.05) is 13.1 Å². The van der Waals surface area contributed by atoms with Crippen LogP contribution in [-0.4, -0.2) is 46.5 Å². The van der Waals surface area contributed by atoms with Gasteiger partial charge in [-0.3, -0.25) is 10.1 Å². The number of nitrogens with one attached hydrogen (secondary N) is 1. The molecule has 2 aromatic carbocycles. The molecule has 0 unspecified atom stereocenters. The van der Waals surface area contributed by atoms with Crippen LogP contribution in [0.25, 0.3) is 0 Å². The number of nitrogens with two attached hydrogens (primary N) is 1. The van der Waals surface area contributed by atoms with Gasteiger partial charge in [0, 0.05) is 24.3 Å². The van der Waals surface area contributed by atoms with Crippen molar-refractivity contribution in [3.05, 3.63) is 76.6 Å². The van der Waals surface area contributed by atoms with Gasteiger partial charge in [0.15, 0.2) is 0 Å². The van der Waals surface area contributed by atoms with Gasteiger partial charge in [-0.05, 0) is 61.6 Å². The van der Waals surface area contributed by atoms with E-state index in [-0.39, 0.29) is 35.1 Å². The fourth-order valence-corrected chi connectivity index (χ4v) is 5.35. The lowest BCUT2D eigenvalue weighted by atomic mass is 10.0. The smallest absolute Gasteiger partial charge is 0.246 e. The van der Waals surface area contributed by atoms with Gasteiger partial charge in [-0.1, -0.05) is 38.1 Å². The Morgan fingerprint density at radius 2 is 1.79 bits per heavy atom. The second-order valence-electron chi connectivity index (χ2n) is 8.80. The van der Waals surface area contributed by atoms with Gasteiger partial charge in [0.05, 0.1) is 12.2 Å². The molecule has 1 aromatic heterocycles. The second kappa shape index (κ2) is 10.4. The highest BCUT2D eigenvalue weighted by atomic mass is 32.2.